The van der Waals surface area contributed by atoms with Crippen molar-refractivity contribution in [3.63, 3.8) is 0 Å². The first-order valence-corrected chi connectivity index (χ1v) is 5.95. The molecule has 3 nitrogen and oxygen atoms in total. The van der Waals surface area contributed by atoms with E-state index in [9.17, 15) is 13.2 Å². The Kier molecular flexibility index (Phi) is 6.22. The maximum atomic E-state index is 11.8. The molecule has 1 aliphatic rings. The van der Waals surface area contributed by atoms with E-state index in [1.54, 1.807) is 0 Å². The monoisotopic (exact) mass is 255 g/mol. The van der Waals surface area contributed by atoms with Crippen LogP contribution in [-0.2, 0) is 9.47 Å². The largest absolute Gasteiger partial charge is 0.411 e. The predicted molar refractivity (Wildman–Crippen MR) is 57.6 cm³/mol. The van der Waals surface area contributed by atoms with Crippen molar-refractivity contribution in [2.75, 3.05) is 26.4 Å². The molecule has 0 amide bonds. The summed E-state index contributed by atoms with van der Waals surface area (Å²) in [6.07, 6.45) is -0.925. The fourth-order valence-electron chi connectivity index (χ4n) is 1.95. The first-order valence-electron chi connectivity index (χ1n) is 5.95. The Hall–Kier alpha value is -0.330. The normalized spacial score (nSPS) is 20.5. The van der Waals surface area contributed by atoms with Gasteiger partial charge in [-0.3, -0.25) is 0 Å². The summed E-state index contributed by atoms with van der Waals surface area (Å²) in [6, 6.07) is -0.0775. The van der Waals surface area contributed by atoms with Crippen molar-refractivity contribution in [3.05, 3.63) is 0 Å². The van der Waals surface area contributed by atoms with Crippen molar-refractivity contribution in [1.29, 1.82) is 0 Å². The summed E-state index contributed by atoms with van der Waals surface area (Å²) in [7, 11) is 0. The first kappa shape index (κ1) is 14.7. The minimum absolute atomic E-state index is 0.0733. The van der Waals surface area contributed by atoms with Crippen molar-refractivity contribution in [2.45, 2.75) is 37.9 Å². The highest BCUT2D eigenvalue weighted by atomic mass is 19.4. The van der Waals surface area contributed by atoms with Gasteiger partial charge in [0.15, 0.2) is 0 Å². The van der Waals surface area contributed by atoms with E-state index >= 15 is 0 Å². The van der Waals surface area contributed by atoms with Gasteiger partial charge in [-0.05, 0) is 31.6 Å². The van der Waals surface area contributed by atoms with Crippen LogP contribution in [0, 0.1) is 5.92 Å². The topological polar surface area (TPSA) is 44.5 Å². The summed E-state index contributed by atoms with van der Waals surface area (Å²) in [5.41, 5.74) is 5.85. The lowest BCUT2D eigenvalue weighted by Gasteiger charge is -2.24. The molecule has 0 aliphatic carbocycles. The van der Waals surface area contributed by atoms with E-state index in [2.05, 4.69) is 4.74 Å². The molecule has 6 heteroatoms. The van der Waals surface area contributed by atoms with Gasteiger partial charge in [0, 0.05) is 25.9 Å². The van der Waals surface area contributed by atoms with E-state index in [1.807, 2.05) is 0 Å². The van der Waals surface area contributed by atoms with Gasteiger partial charge in [-0.1, -0.05) is 0 Å². The van der Waals surface area contributed by atoms with Crippen molar-refractivity contribution in [3.8, 4) is 0 Å². The van der Waals surface area contributed by atoms with Crippen LogP contribution in [0.15, 0.2) is 0 Å². The summed E-state index contributed by atoms with van der Waals surface area (Å²) >= 11 is 0. The Morgan fingerprint density at radius 2 is 1.94 bits per heavy atom. The predicted octanol–water partition coefficient (Wildman–Crippen LogP) is 2.10. The molecule has 17 heavy (non-hydrogen) atoms. The van der Waals surface area contributed by atoms with Gasteiger partial charge in [0.1, 0.15) is 6.61 Å². The van der Waals surface area contributed by atoms with Gasteiger partial charge in [-0.25, -0.2) is 0 Å². The molecule has 0 saturated carbocycles. The summed E-state index contributed by atoms with van der Waals surface area (Å²) in [6.45, 7) is 0.421. The summed E-state index contributed by atoms with van der Waals surface area (Å²) in [5.74, 6) is 0.543. The van der Waals surface area contributed by atoms with Crippen molar-refractivity contribution >= 4 is 0 Å². The van der Waals surface area contributed by atoms with Crippen LogP contribution in [0.4, 0.5) is 13.2 Å². The van der Waals surface area contributed by atoms with Crippen LogP contribution in [0.25, 0.3) is 0 Å². The lowest BCUT2D eigenvalue weighted by atomic mass is 9.92. The molecule has 1 aliphatic heterocycles. The van der Waals surface area contributed by atoms with Crippen LogP contribution in [0.2, 0.25) is 0 Å². The van der Waals surface area contributed by atoms with Crippen LogP contribution in [0.1, 0.15) is 25.7 Å². The van der Waals surface area contributed by atoms with Crippen molar-refractivity contribution in [2.24, 2.45) is 11.7 Å². The summed E-state index contributed by atoms with van der Waals surface area (Å²) in [5, 5.41) is 0. The molecule has 0 aromatic heterocycles. The molecule has 2 N–H and O–H groups in total. The van der Waals surface area contributed by atoms with Gasteiger partial charge in [-0.15, -0.1) is 0 Å². The molecule has 0 aromatic carbocycles. The van der Waals surface area contributed by atoms with Crippen LogP contribution >= 0.6 is 0 Å². The Labute approximate surface area is 99.4 Å². The van der Waals surface area contributed by atoms with E-state index in [1.165, 1.54) is 0 Å². The highest BCUT2D eigenvalue weighted by Gasteiger charge is 2.27. The third-order valence-corrected chi connectivity index (χ3v) is 2.88. The van der Waals surface area contributed by atoms with Crippen LogP contribution < -0.4 is 5.73 Å². The van der Waals surface area contributed by atoms with Gasteiger partial charge in [0.2, 0.25) is 0 Å². The Morgan fingerprint density at radius 1 is 1.29 bits per heavy atom. The Balaban J connectivity index is 2.02. The van der Waals surface area contributed by atoms with Crippen LogP contribution in [0.5, 0.6) is 0 Å². The van der Waals surface area contributed by atoms with Gasteiger partial charge in [0.25, 0.3) is 0 Å². The van der Waals surface area contributed by atoms with E-state index in [4.69, 9.17) is 10.5 Å². The second-order valence-electron chi connectivity index (χ2n) is 4.51. The number of nitrogens with two attached hydrogens (primary N) is 1. The second-order valence-corrected chi connectivity index (χ2v) is 4.51. The zero-order valence-electron chi connectivity index (χ0n) is 9.84. The quantitative estimate of drug-likeness (QED) is 0.739. The highest BCUT2D eigenvalue weighted by molar-refractivity contribution is 4.71. The summed E-state index contributed by atoms with van der Waals surface area (Å²) < 4.78 is 45.1. The fraction of sp³-hybridized carbons (Fsp3) is 1.00. The standard InChI is InChI=1S/C11H20F3NO2/c12-11(13,14)8-17-6-3-10(15)7-9-1-4-16-5-2-9/h9-10H,1-8,15H2. The van der Waals surface area contributed by atoms with Gasteiger partial charge in [-0.2, -0.15) is 13.2 Å². The minimum atomic E-state index is -4.25. The van der Waals surface area contributed by atoms with Gasteiger partial charge >= 0.3 is 6.18 Å². The first-order chi connectivity index (χ1) is 7.97. The van der Waals surface area contributed by atoms with Crippen LogP contribution in [0.3, 0.4) is 0 Å². The fourth-order valence-corrected chi connectivity index (χ4v) is 1.95. The number of rotatable bonds is 6. The summed E-state index contributed by atoms with van der Waals surface area (Å²) in [4.78, 5) is 0. The smallest absolute Gasteiger partial charge is 0.381 e. The molecule has 1 saturated heterocycles. The van der Waals surface area contributed by atoms with E-state index in [0.717, 1.165) is 32.5 Å². The number of hydrogen-bond donors (Lipinski definition) is 1. The van der Waals surface area contributed by atoms with Crippen molar-refractivity contribution in [1.82, 2.24) is 0 Å². The van der Waals surface area contributed by atoms with E-state index in [0.29, 0.717) is 12.3 Å². The average molecular weight is 255 g/mol. The van der Waals surface area contributed by atoms with Gasteiger partial charge in [0.05, 0.1) is 0 Å². The molecule has 1 rings (SSSR count). The lowest BCUT2D eigenvalue weighted by molar-refractivity contribution is -0.174. The molecule has 1 fully saturated rings. The molecule has 0 aromatic rings. The molecular formula is C11H20F3NO2. The number of alkyl halides is 3. The molecule has 0 bridgehead atoms. The van der Waals surface area contributed by atoms with Crippen molar-refractivity contribution < 1.29 is 22.6 Å². The number of hydrogen-bond acceptors (Lipinski definition) is 3. The molecule has 0 radical (unpaired) electrons. The number of ether oxygens (including phenoxy) is 2. The van der Waals surface area contributed by atoms with E-state index < -0.39 is 12.8 Å². The zero-order valence-corrected chi connectivity index (χ0v) is 9.84. The minimum Gasteiger partial charge on any atom is -0.381 e. The average Bonchev–Trinajstić information content (AvgIpc) is 2.25. The SMILES string of the molecule is NC(CCOCC(F)(F)F)CC1CCOCC1. The maximum absolute atomic E-state index is 11.8. The van der Waals surface area contributed by atoms with E-state index in [-0.39, 0.29) is 12.6 Å². The number of halogens is 3. The molecule has 1 heterocycles. The lowest BCUT2D eigenvalue weighted by Crippen LogP contribution is -2.28. The highest BCUT2D eigenvalue weighted by Crippen LogP contribution is 2.20. The molecule has 1 atom stereocenters. The molecule has 102 valence electrons. The molecule has 1 unspecified atom stereocenters. The maximum Gasteiger partial charge on any atom is 0.411 e. The third-order valence-electron chi connectivity index (χ3n) is 2.88. The third kappa shape index (κ3) is 7.57. The Morgan fingerprint density at radius 3 is 2.53 bits per heavy atom. The molecular weight excluding hydrogens is 235 g/mol. The zero-order chi connectivity index (χ0) is 12.7. The van der Waals surface area contributed by atoms with Gasteiger partial charge < -0.3 is 15.2 Å². The molecule has 0 spiro atoms. The van der Waals surface area contributed by atoms with Crippen LogP contribution in [-0.4, -0.2) is 38.6 Å². The second kappa shape index (κ2) is 7.18. The Bertz CT molecular complexity index is 205.